The highest BCUT2D eigenvalue weighted by Gasteiger charge is 2.62. The van der Waals surface area contributed by atoms with Gasteiger partial charge < -0.3 is 19.7 Å². The third kappa shape index (κ3) is 7.48. The van der Waals surface area contributed by atoms with E-state index in [-0.39, 0.29) is 37.1 Å². The Bertz CT molecular complexity index is 1970. The van der Waals surface area contributed by atoms with Gasteiger partial charge in [-0.25, -0.2) is 18.4 Å². The van der Waals surface area contributed by atoms with E-state index in [0.29, 0.717) is 48.4 Å². The second-order valence-electron chi connectivity index (χ2n) is 14.5. The molecule has 2 aliphatic heterocycles. The lowest BCUT2D eigenvalue weighted by Gasteiger charge is -2.26. The monoisotopic (exact) mass is 735 g/mol. The number of ether oxygens (including phenoxy) is 2. The average Bonchev–Trinajstić information content (AvgIpc) is 3.97. The van der Waals surface area contributed by atoms with E-state index in [9.17, 15) is 22.8 Å². The highest BCUT2D eigenvalue weighted by molar-refractivity contribution is 7.91. The Hall–Kier alpha value is -4.04. The number of hydrogen-bond acceptors (Lipinski definition) is 10. The lowest BCUT2D eigenvalue weighted by atomic mass is 10.1. The van der Waals surface area contributed by atoms with Gasteiger partial charge in [0.1, 0.15) is 39.9 Å². The molecule has 2 aromatic heterocycles. The van der Waals surface area contributed by atoms with Crippen molar-refractivity contribution in [3.63, 3.8) is 0 Å². The van der Waals surface area contributed by atoms with Gasteiger partial charge in [0.2, 0.25) is 21.8 Å². The maximum atomic E-state index is 14.2. The molecule has 3 fully saturated rings. The normalized spacial score (nSPS) is 26.4. The molecule has 2 N–H and O–H groups in total. The Morgan fingerprint density at radius 1 is 1.12 bits per heavy atom. The van der Waals surface area contributed by atoms with E-state index in [1.807, 2.05) is 41.8 Å². The zero-order valence-corrected chi connectivity index (χ0v) is 30.9. The number of amides is 3. The number of fused-ring (bicyclic) bond motifs is 3. The Morgan fingerprint density at radius 3 is 2.67 bits per heavy atom. The number of rotatable bonds is 8. The highest BCUT2D eigenvalue weighted by atomic mass is 32.2. The SMILES string of the molecule is COc1ccc2c(OC3CC4C(=O)NC5(C(=O)NS(=O)(=O)C6CC6)CC5/C=C/CCCCCCC(=O)N4C3)cc(-c3nc(C(C)C)cs3)nc2c1. The number of carbonyl (C=O) groups excluding carboxylic acids is 3. The molecule has 272 valence electrons. The van der Waals surface area contributed by atoms with Crippen LogP contribution in [0.2, 0.25) is 0 Å². The molecule has 12 nitrogen and oxygen atoms in total. The molecule has 0 radical (unpaired) electrons. The van der Waals surface area contributed by atoms with Crippen molar-refractivity contribution < 1.29 is 32.3 Å². The second-order valence-corrected chi connectivity index (χ2v) is 17.3. The van der Waals surface area contributed by atoms with E-state index < -0.39 is 44.8 Å². The molecule has 3 aromatic rings. The van der Waals surface area contributed by atoms with E-state index in [1.54, 1.807) is 12.0 Å². The topological polar surface area (TPSA) is 157 Å². The van der Waals surface area contributed by atoms with Crippen LogP contribution in [0.3, 0.4) is 0 Å². The fourth-order valence-corrected chi connectivity index (χ4v) is 9.33. The number of sulfonamides is 1. The number of carbonyl (C=O) groups is 3. The summed E-state index contributed by atoms with van der Waals surface area (Å²) in [7, 11) is -2.23. The van der Waals surface area contributed by atoms with Crippen LogP contribution in [-0.2, 0) is 24.4 Å². The second kappa shape index (κ2) is 14.2. The van der Waals surface area contributed by atoms with Crippen LogP contribution >= 0.6 is 11.3 Å². The van der Waals surface area contributed by atoms with E-state index in [0.717, 1.165) is 41.8 Å². The summed E-state index contributed by atoms with van der Waals surface area (Å²) >= 11 is 1.51. The summed E-state index contributed by atoms with van der Waals surface area (Å²) in [6, 6.07) is 6.51. The summed E-state index contributed by atoms with van der Waals surface area (Å²) in [6.45, 7) is 4.36. The molecule has 4 aliphatic rings. The van der Waals surface area contributed by atoms with Gasteiger partial charge in [-0.3, -0.25) is 19.1 Å². The lowest BCUT2D eigenvalue weighted by molar-refractivity contribution is -0.139. The van der Waals surface area contributed by atoms with Crippen LogP contribution in [0.1, 0.15) is 89.7 Å². The average molecular weight is 736 g/mol. The van der Waals surface area contributed by atoms with Gasteiger partial charge in [-0.2, -0.15) is 0 Å². The lowest BCUT2D eigenvalue weighted by Crippen LogP contribution is -2.56. The van der Waals surface area contributed by atoms with E-state index in [2.05, 4.69) is 23.9 Å². The minimum absolute atomic E-state index is 0.148. The van der Waals surface area contributed by atoms with Gasteiger partial charge in [0.15, 0.2) is 0 Å². The van der Waals surface area contributed by atoms with Crippen LogP contribution in [0.15, 0.2) is 41.8 Å². The summed E-state index contributed by atoms with van der Waals surface area (Å²) in [5, 5.41) is 5.88. The molecule has 0 bridgehead atoms. The largest absolute Gasteiger partial charge is 0.497 e. The number of nitrogens with zero attached hydrogens (tertiary/aromatic N) is 3. The smallest absolute Gasteiger partial charge is 0.259 e. The maximum Gasteiger partial charge on any atom is 0.259 e. The van der Waals surface area contributed by atoms with Crippen LogP contribution in [0.25, 0.3) is 21.6 Å². The first kappa shape index (κ1) is 35.4. The predicted octanol–water partition coefficient (Wildman–Crippen LogP) is 5.23. The standard InChI is InChI=1S/C37H45N5O7S2/c1-22(2)30-21-50-35(39-30)29-18-32(27-15-12-24(48-3)16-28(27)38-29)49-25-17-31-34(44)40-37(36(45)41-51(46,47)26-13-14-26)19-23(37)10-8-6-4-5-7-9-11-33(43)42(31)20-25/h8,10,12,15-16,18,21-23,25-26,31H,4-7,9,11,13-14,17,19-20H2,1-3H3,(H,40,44)(H,41,45)/b10-8+. The molecule has 51 heavy (non-hydrogen) atoms. The Labute approximate surface area is 302 Å². The fraction of sp³-hybridized carbons (Fsp3) is 0.541. The Balaban J connectivity index is 1.18. The number of pyridine rings is 1. The van der Waals surface area contributed by atoms with Crippen molar-refractivity contribution in [2.75, 3.05) is 13.7 Å². The first-order chi connectivity index (χ1) is 24.5. The molecule has 7 rings (SSSR count). The molecule has 4 unspecified atom stereocenters. The zero-order valence-electron chi connectivity index (χ0n) is 29.2. The number of nitrogens with one attached hydrogen (secondary N) is 2. The van der Waals surface area contributed by atoms with Crippen LogP contribution in [-0.4, -0.2) is 77.6 Å². The predicted molar refractivity (Wildman–Crippen MR) is 194 cm³/mol. The maximum absolute atomic E-state index is 14.2. The van der Waals surface area contributed by atoms with Crippen LogP contribution in [0.5, 0.6) is 11.5 Å². The third-order valence-corrected chi connectivity index (χ3v) is 13.0. The third-order valence-electron chi connectivity index (χ3n) is 10.3. The van der Waals surface area contributed by atoms with Gasteiger partial charge >= 0.3 is 0 Å². The van der Waals surface area contributed by atoms with Crippen LogP contribution in [0, 0.1) is 5.92 Å². The minimum atomic E-state index is -3.83. The van der Waals surface area contributed by atoms with Gasteiger partial charge in [-0.05, 0) is 56.6 Å². The van der Waals surface area contributed by atoms with Crippen LogP contribution < -0.4 is 19.5 Å². The van der Waals surface area contributed by atoms with Crippen molar-refractivity contribution >= 4 is 50.0 Å². The number of allylic oxidation sites excluding steroid dienone is 1. The highest BCUT2D eigenvalue weighted by Crippen LogP contribution is 2.46. The molecule has 4 atom stereocenters. The molecule has 0 spiro atoms. The van der Waals surface area contributed by atoms with Gasteiger partial charge in [0.05, 0.1) is 30.1 Å². The minimum Gasteiger partial charge on any atom is -0.497 e. The van der Waals surface area contributed by atoms with Crippen molar-refractivity contribution in [1.29, 1.82) is 0 Å². The molecule has 1 saturated heterocycles. The zero-order chi connectivity index (χ0) is 35.9. The van der Waals surface area contributed by atoms with E-state index in [1.165, 1.54) is 11.3 Å². The quantitative estimate of drug-likeness (QED) is 0.296. The molecular weight excluding hydrogens is 691 g/mol. The number of aromatic nitrogens is 2. The Morgan fingerprint density at radius 2 is 1.92 bits per heavy atom. The van der Waals surface area contributed by atoms with Crippen molar-refractivity contribution in [1.82, 2.24) is 24.9 Å². The first-order valence-electron chi connectivity index (χ1n) is 17.9. The molecule has 2 saturated carbocycles. The van der Waals surface area contributed by atoms with Gasteiger partial charge in [-0.1, -0.05) is 38.8 Å². The molecule has 14 heteroatoms. The number of hydrogen-bond donors (Lipinski definition) is 2. The first-order valence-corrected chi connectivity index (χ1v) is 20.4. The molecule has 1 aromatic carbocycles. The number of thiazole rings is 1. The van der Waals surface area contributed by atoms with Crippen molar-refractivity contribution in [3.8, 4) is 22.2 Å². The summed E-state index contributed by atoms with van der Waals surface area (Å²) in [5.41, 5.74) is 0.874. The summed E-state index contributed by atoms with van der Waals surface area (Å²) in [6.07, 6.45) is 9.49. The molecule has 2 aliphatic carbocycles. The Kier molecular flexibility index (Phi) is 9.83. The number of benzene rings is 1. The molecule has 3 amide bonds. The van der Waals surface area contributed by atoms with Crippen molar-refractivity contribution in [2.24, 2.45) is 5.92 Å². The van der Waals surface area contributed by atoms with Crippen molar-refractivity contribution in [3.05, 3.63) is 47.5 Å². The summed E-state index contributed by atoms with van der Waals surface area (Å²) in [5.74, 6) is -0.260. The summed E-state index contributed by atoms with van der Waals surface area (Å²) < 4.78 is 39.9. The van der Waals surface area contributed by atoms with E-state index >= 15 is 0 Å². The summed E-state index contributed by atoms with van der Waals surface area (Å²) in [4.78, 5) is 52.8. The molecular formula is C37H45N5O7S2. The van der Waals surface area contributed by atoms with E-state index in [4.69, 9.17) is 19.4 Å². The molecule has 4 heterocycles. The van der Waals surface area contributed by atoms with Gasteiger partial charge in [0.25, 0.3) is 5.91 Å². The van der Waals surface area contributed by atoms with Crippen molar-refractivity contribution in [2.45, 2.75) is 107 Å². The fourth-order valence-electron chi connectivity index (χ4n) is 7.03. The van der Waals surface area contributed by atoms with Gasteiger partial charge in [-0.15, -0.1) is 11.3 Å². The van der Waals surface area contributed by atoms with Crippen LogP contribution in [0.4, 0.5) is 0 Å². The van der Waals surface area contributed by atoms with Gasteiger partial charge in [0, 0.05) is 41.7 Å². The number of methoxy groups -OCH3 is 1.